The van der Waals surface area contributed by atoms with Crippen LogP contribution in [0.4, 0.5) is 5.82 Å². The molecule has 1 amide bonds. The molecule has 0 spiro atoms. The van der Waals surface area contributed by atoms with E-state index < -0.39 is 6.10 Å². The Morgan fingerprint density at radius 3 is 2.77 bits per heavy atom. The lowest BCUT2D eigenvalue weighted by Crippen LogP contribution is -2.50. The maximum Gasteiger partial charge on any atom is 0.257 e. The topological polar surface area (TPSA) is 122 Å². The number of amides is 1. The summed E-state index contributed by atoms with van der Waals surface area (Å²) in [5, 5.41) is 24.7. The second-order valence-corrected chi connectivity index (χ2v) is 8.09. The summed E-state index contributed by atoms with van der Waals surface area (Å²) >= 11 is 0. The van der Waals surface area contributed by atoms with E-state index in [0.29, 0.717) is 35.0 Å². The summed E-state index contributed by atoms with van der Waals surface area (Å²) in [6.45, 7) is 4.12. The van der Waals surface area contributed by atoms with Crippen LogP contribution in [0, 0.1) is 0 Å². The van der Waals surface area contributed by atoms with E-state index in [0.717, 1.165) is 17.5 Å². The average molecular weight is 420 g/mol. The van der Waals surface area contributed by atoms with Gasteiger partial charge in [-0.3, -0.25) is 9.48 Å². The lowest BCUT2D eigenvalue weighted by Gasteiger charge is -2.32. The van der Waals surface area contributed by atoms with E-state index in [1.807, 2.05) is 23.0 Å². The number of anilines is 1. The average Bonchev–Trinajstić information content (AvgIpc) is 3.39. The zero-order valence-corrected chi connectivity index (χ0v) is 17.6. The smallest absolute Gasteiger partial charge is 0.257 e. The van der Waals surface area contributed by atoms with Crippen molar-refractivity contribution in [3.8, 4) is 22.6 Å². The number of aliphatic hydroxyl groups is 1. The summed E-state index contributed by atoms with van der Waals surface area (Å²) in [5.74, 6) is 1.04. The van der Waals surface area contributed by atoms with E-state index in [9.17, 15) is 9.90 Å². The fourth-order valence-electron chi connectivity index (χ4n) is 3.75. The van der Waals surface area contributed by atoms with Gasteiger partial charge in [0.2, 0.25) is 0 Å². The van der Waals surface area contributed by atoms with Crippen molar-refractivity contribution in [2.75, 3.05) is 12.4 Å². The van der Waals surface area contributed by atoms with Crippen LogP contribution in [0.15, 0.2) is 30.7 Å². The van der Waals surface area contributed by atoms with Crippen LogP contribution >= 0.6 is 0 Å². The van der Waals surface area contributed by atoms with Crippen molar-refractivity contribution >= 4 is 17.4 Å². The Hall–Kier alpha value is -3.53. The van der Waals surface area contributed by atoms with Crippen LogP contribution < -0.4 is 10.6 Å². The molecule has 2 aliphatic heterocycles. The maximum absolute atomic E-state index is 12.8. The monoisotopic (exact) mass is 420 g/mol. The summed E-state index contributed by atoms with van der Waals surface area (Å²) in [6, 6.07) is 3.86. The molecule has 2 aromatic heterocycles. The van der Waals surface area contributed by atoms with E-state index in [1.165, 1.54) is 6.20 Å². The van der Waals surface area contributed by atoms with Crippen molar-refractivity contribution in [1.29, 1.82) is 0 Å². The third kappa shape index (κ3) is 3.19. The van der Waals surface area contributed by atoms with E-state index in [-0.39, 0.29) is 18.0 Å². The molecule has 1 fully saturated rings. The Morgan fingerprint density at radius 1 is 1.26 bits per heavy atom. The number of aromatic nitrogens is 6. The van der Waals surface area contributed by atoms with Gasteiger partial charge in [0.25, 0.3) is 5.91 Å². The van der Waals surface area contributed by atoms with E-state index in [2.05, 4.69) is 39.7 Å². The highest BCUT2D eigenvalue weighted by Gasteiger charge is 2.31. The van der Waals surface area contributed by atoms with Crippen molar-refractivity contribution in [2.45, 2.75) is 44.9 Å². The Bertz CT molecular complexity index is 1240. The van der Waals surface area contributed by atoms with Crippen LogP contribution in [0.25, 0.3) is 28.3 Å². The van der Waals surface area contributed by atoms with Crippen LogP contribution in [-0.2, 0) is 0 Å². The normalized spacial score (nSPS) is 18.5. The van der Waals surface area contributed by atoms with Crippen LogP contribution in [0.1, 0.15) is 43.1 Å². The van der Waals surface area contributed by atoms with Gasteiger partial charge in [0.1, 0.15) is 11.4 Å². The largest absolute Gasteiger partial charge is 0.391 e. The summed E-state index contributed by atoms with van der Waals surface area (Å²) in [4.78, 5) is 22.0. The number of nitrogens with zero attached hydrogens (tertiary/aromatic N) is 6. The summed E-state index contributed by atoms with van der Waals surface area (Å²) in [7, 11) is 1.79. The van der Waals surface area contributed by atoms with Gasteiger partial charge in [0.05, 0.1) is 24.0 Å². The van der Waals surface area contributed by atoms with Gasteiger partial charge in [0.15, 0.2) is 11.5 Å². The number of rotatable bonds is 5. The van der Waals surface area contributed by atoms with Crippen molar-refractivity contribution in [3.63, 3.8) is 0 Å². The summed E-state index contributed by atoms with van der Waals surface area (Å²) in [6.07, 6.45) is 6.15. The number of nitrogens with one attached hydrogen (secondary N) is 2. The number of hydrogen-bond acceptors (Lipinski definition) is 7. The number of carbonyl (C=O) groups excluding carboxylic acids is 1. The molecule has 1 unspecified atom stereocenters. The highest BCUT2D eigenvalue weighted by molar-refractivity contribution is 6.00. The van der Waals surface area contributed by atoms with E-state index in [1.54, 1.807) is 17.8 Å². The zero-order valence-electron chi connectivity index (χ0n) is 17.6. The lowest BCUT2D eigenvalue weighted by molar-refractivity contribution is 0.0448. The fraction of sp³-hybridized carbons (Fsp3) is 0.381. The van der Waals surface area contributed by atoms with Crippen molar-refractivity contribution < 1.29 is 9.90 Å². The van der Waals surface area contributed by atoms with Gasteiger partial charge in [0, 0.05) is 42.7 Å². The fourth-order valence-corrected chi connectivity index (χ4v) is 3.75. The van der Waals surface area contributed by atoms with Crippen LogP contribution in [0.5, 0.6) is 0 Å². The number of hydrogen-bond donors (Lipinski definition) is 3. The molecule has 5 rings (SSSR count). The zero-order chi connectivity index (χ0) is 21.7. The molecule has 0 aromatic carbocycles. The number of carbonyl (C=O) groups is 1. The molecule has 2 atom stereocenters. The molecule has 4 heterocycles. The van der Waals surface area contributed by atoms with Gasteiger partial charge in [-0.1, -0.05) is 0 Å². The van der Waals surface area contributed by atoms with Gasteiger partial charge in [-0.15, -0.1) is 0 Å². The minimum Gasteiger partial charge on any atom is -0.391 e. The predicted molar refractivity (Wildman–Crippen MR) is 115 cm³/mol. The Morgan fingerprint density at radius 2 is 2.10 bits per heavy atom. The molecular weight excluding hydrogens is 396 g/mol. The molecule has 10 heteroatoms. The molecule has 0 bridgehead atoms. The van der Waals surface area contributed by atoms with Crippen LogP contribution in [0.2, 0.25) is 0 Å². The SMILES string of the molecule is CNc1cc(-c2cnc3nn(C(C)C)ccc2-3)nc2c(C(=O)NC3CC[C@H]3O)cnn12. The summed E-state index contributed by atoms with van der Waals surface area (Å²) in [5.41, 5.74) is 3.18. The molecule has 0 saturated heterocycles. The molecule has 160 valence electrons. The quantitative estimate of drug-likeness (QED) is 0.451. The van der Waals surface area contributed by atoms with Gasteiger partial charge in [-0.2, -0.15) is 14.7 Å². The highest BCUT2D eigenvalue weighted by atomic mass is 16.3. The first-order valence-corrected chi connectivity index (χ1v) is 10.4. The first-order chi connectivity index (χ1) is 15.0. The molecule has 31 heavy (non-hydrogen) atoms. The molecule has 1 aliphatic carbocycles. The van der Waals surface area contributed by atoms with Crippen LogP contribution in [0.3, 0.4) is 0 Å². The second-order valence-electron chi connectivity index (χ2n) is 8.09. The standard InChI is InChI=1S/C21H24N8O2/c1-11(2)28-7-6-12-13(9-23-19(12)27-28)16-8-18(22-3)29-20(25-16)14(10-24-29)21(31)26-15-4-5-17(15)30/h6-11,15,17,22,30H,4-5H2,1-3H3,(H,26,31)/t15?,17-/m1/s1. The molecule has 2 aromatic rings. The molecule has 10 nitrogen and oxygen atoms in total. The first-order valence-electron chi connectivity index (χ1n) is 10.4. The molecule has 1 saturated carbocycles. The second kappa shape index (κ2) is 7.31. The molecule has 0 radical (unpaired) electrons. The molecule has 3 N–H and O–H groups in total. The Balaban J connectivity index is 1.58. The van der Waals surface area contributed by atoms with Crippen molar-refractivity contribution in [1.82, 2.24) is 34.7 Å². The first kappa shape index (κ1) is 19.4. The Kier molecular flexibility index (Phi) is 4.58. The number of aliphatic hydroxyl groups excluding tert-OH is 1. The number of fused-ring (bicyclic) bond motifs is 2. The molecule has 3 aliphatic rings. The molecular formula is C21H24N8O2. The van der Waals surface area contributed by atoms with Gasteiger partial charge in [-0.05, 0) is 32.8 Å². The third-order valence-corrected chi connectivity index (χ3v) is 5.78. The van der Waals surface area contributed by atoms with E-state index in [4.69, 9.17) is 4.98 Å². The minimum atomic E-state index is -0.495. The van der Waals surface area contributed by atoms with E-state index >= 15 is 0 Å². The van der Waals surface area contributed by atoms with Gasteiger partial charge >= 0.3 is 0 Å². The lowest BCUT2D eigenvalue weighted by atomic mass is 9.89. The van der Waals surface area contributed by atoms with Gasteiger partial charge in [-0.25, -0.2) is 9.97 Å². The highest BCUT2D eigenvalue weighted by Crippen LogP contribution is 2.33. The van der Waals surface area contributed by atoms with Crippen molar-refractivity contribution in [3.05, 3.63) is 36.3 Å². The van der Waals surface area contributed by atoms with Crippen LogP contribution in [-0.4, -0.2) is 59.6 Å². The maximum atomic E-state index is 12.8. The predicted octanol–water partition coefficient (Wildman–Crippen LogP) is 1.97. The Labute approximate surface area is 178 Å². The van der Waals surface area contributed by atoms with Crippen molar-refractivity contribution in [2.24, 2.45) is 0 Å². The summed E-state index contributed by atoms with van der Waals surface area (Å²) < 4.78 is 3.46. The minimum absolute atomic E-state index is 0.226. The third-order valence-electron chi connectivity index (χ3n) is 5.78. The van der Waals surface area contributed by atoms with Gasteiger partial charge < -0.3 is 15.7 Å².